The van der Waals surface area contributed by atoms with Crippen molar-refractivity contribution in [1.29, 1.82) is 0 Å². The summed E-state index contributed by atoms with van der Waals surface area (Å²) in [5.41, 5.74) is 1.34. The molecule has 0 aliphatic carbocycles. The van der Waals surface area contributed by atoms with Crippen molar-refractivity contribution < 1.29 is 23.8 Å². The van der Waals surface area contributed by atoms with Crippen LogP contribution in [0.2, 0.25) is 0 Å². The molecule has 7 nitrogen and oxygen atoms in total. The molecule has 2 aromatic heterocycles. The minimum absolute atomic E-state index is 0.0738. The fourth-order valence-electron chi connectivity index (χ4n) is 3.94. The van der Waals surface area contributed by atoms with Gasteiger partial charge in [-0.3, -0.25) is 19.5 Å². The Hall–Kier alpha value is -4.11. The van der Waals surface area contributed by atoms with Crippen LogP contribution in [0.15, 0.2) is 72.6 Å². The Bertz CT molecular complexity index is 1450. The van der Waals surface area contributed by atoms with Gasteiger partial charge >= 0.3 is 5.91 Å². The molecule has 1 unspecified atom stereocenters. The van der Waals surface area contributed by atoms with E-state index in [1.807, 2.05) is 6.92 Å². The number of anilines is 1. The minimum Gasteiger partial charge on any atom is -0.507 e. The number of benzene rings is 2. The Balaban J connectivity index is 1.70. The first-order chi connectivity index (χ1) is 16.5. The molecule has 1 N–H and O–H groups in total. The lowest BCUT2D eigenvalue weighted by atomic mass is 9.96. The lowest BCUT2D eigenvalue weighted by Gasteiger charge is -2.22. The number of hydrogen-bond donors (Lipinski definition) is 1. The minimum atomic E-state index is -0.941. The highest BCUT2D eigenvalue weighted by Crippen LogP contribution is 2.44. The summed E-state index contributed by atoms with van der Waals surface area (Å²) in [7, 11) is 0. The van der Waals surface area contributed by atoms with Crippen LogP contribution in [-0.4, -0.2) is 33.4 Å². The molecule has 9 heteroatoms. The zero-order chi connectivity index (χ0) is 23.8. The quantitative estimate of drug-likeness (QED) is 0.252. The van der Waals surface area contributed by atoms with Gasteiger partial charge in [0.25, 0.3) is 5.78 Å². The van der Waals surface area contributed by atoms with Crippen molar-refractivity contribution in [2.45, 2.75) is 13.0 Å². The SMILES string of the molecule is CCOc1cccc(C(O)=C2C(=O)C(=O)N(c3nc4ccc(F)cc4s3)C2c2ccncc2)c1. The van der Waals surface area contributed by atoms with Gasteiger partial charge in [0.2, 0.25) is 0 Å². The van der Waals surface area contributed by atoms with Gasteiger partial charge in [0.05, 0.1) is 28.4 Å². The molecular formula is C25H18FN3O4S. The third-order valence-corrected chi connectivity index (χ3v) is 6.45. The Labute approximate surface area is 197 Å². The van der Waals surface area contributed by atoms with E-state index in [4.69, 9.17) is 4.74 Å². The summed E-state index contributed by atoms with van der Waals surface area (Å²) in [6.07, 6.45) is 3.08. The summed E-state index contributed by atoms with van der Waals surface area (Å²) >= 11 is 1.09. The Kier molecular flexibility index (Phi) is 5.54. The molecule has 5 rings (SSSR count). The molecule has 0 bridgehead atoms. The molecule has 34 heavy (non-hydrogen) atoms. The van der Waals surface area contributed by atoms with Crippen molar-refractivity contribution in [3.05, 3.63) is 89.5 Å². The second-order valence-corrected chi connectivity index (χ2v) is 8.53. The molecule has 1 fully saturated rings. The number of amides is 1. The van der Waals surface area contributed by atoms with Gasteiger partial charge in [-0.15, -0.1) is 0 Å². The summed E-state index contributed by atoms with van der Waals surface area (Å²) in [5, 5.41) is 11.4. The largest absolute Gasteiger partial charge is 0.507 e. The number of carbonyl (C=O) groups excluding carboxylic acids is 2. The molecule has 170 valence electrons. The lowest BCUT2D eigenvalue weighted by molar-refractivity contribution is -0.132. The number of nitrogens with zero attached hydrogens (tertiary/aromatic N) is 3. The Morgan fingerprint density at radius 1 is 1.15 bits per heavy atom. The highest BCUT2D eigenvalue weighted by Gasteiger charge is 2.48. The summed E-state index contributed by atoms with van der Waals surface area (Å²) in [4.78, 5) is 36.2. The maximum Gasteiger partial charge on any atom is 0.301 e. The second kappa shape index (κ2) is 8.68. The van der Waals surface area contributed by atoms with E-state index in [1.54, 1.807) is 48.8 Å². The molecule has 0 spiro atoms. The average molecular weight is 476 g/mol. The third-order valence-electron chi connectivity index (χ3n) is 5.43. The topological polar surface area (TPSA) is 92.6 Å². The van der Waals surface area contributed by atoms with Crippen molar-refractivity contribution in [1.82, 2.24) is 9.97 Å². The normalized spacial score (nSPS) is 17.5. The molecule has 1 aliphatic heterocycles. The highest BCUT2D eigenvalue weighted by atomic mass is 32.1. The van der Waals surface area contributed by atoms with Crippen molar-refractivity contribution in [2.24, 2.45) is 0 Å². The van der Waals surface area contributed by atoms with Gasteiger partial charge in [0, 0.05) is 18.0 Å². The zero-order valence-electron chi connectivity index (χ0n) is 17.9. The molecular weight excluding hydrogens is 457 g/mol. The first-order valence-corrected chi connectivity index (χ1v) is 11.3. The monoisotopic (exact) mass is 475 g/mol. The molecule has 1 atom stereocenters. The summed E-state index contributed by atoms with van der Waals surface area (Å²) in [5.74, 6) is -1.90. The van der Waals surface area contributed by atoms with Crippen LogP contribution < -0.4 is 9.64 Å². The van der Waals surface area contributed by atoms with Crippen LogP contribution in [0.25, 0.3) is 16.0 Å². The van der Waals surface area contributed by atoms with Crippen LogP contribution in [0.5, 0.6) is 5.75 Å². The maximum atomic E-state index is 13.7. The van der Waals surface area contributed by atoms with E-state index < -0.39 is 23.5 Å². The Morgan fingerprint density at radius 2 is 1.94 bits per heavy atom. The van der Waals surface area contributed by atoms with Crippen LogP contribution in [0.1, 0.15) is 24.1 Å². The van der Waals surface area contributed by atoms with Gasteiger partial charge in [-0.05, 0) is 55.0 Å². The van der Waals surface area contributed by atoms with Gasteiger partial charge in [-0.2, -0.15) is 0 Å². The van der Waals surface area contributed by atoms with E-state index >= 15 is 0 Å². The van der Waals surface area contributed by atoms with Gasteiger partial charge in [-0.25, -0.2) is 9.37 Å². The smallest absolute Gasteiger partial charge is 0.301 e. The number of carbonyl (C=O) groups is 2. The number of fused-ring (bicyclic) bond motifs is 1. The number of thiazole rings is 1. The zero-order valence-corrected chi connectivity index (χ0v) is 18.8. The predicted octanol–water partition coefficient (Wildman–Crippen LogP) is 4.86. The number of pyridine rings is 1. The maximum absolute atomic E-state index is 13.7. The number of aromatic nitrogens is 2. The molecule has 0 saturated carbocycles. The summed E-state index contributed by atoms with van der Waals surface area (Å²) < 4.78 is 19.8. The fraction of sp³-hybridized carbons (Fsp3) is 0.120. The Morgan fingerprint density at radius 3 is 2.71 bits per heavy atom. The van der Waals surface area contributed by atoms with Crippen molar-refractivity contribution in [3.8, 4) is 5.75 Å². The summed E-state index contributed by atoms with van der Waals surface area (Å²) in [6, 6.07) is 13.2. The van der Waals surface area contributed by atoms with Crippen molar-refractivity contribution in [2.75, 3.05) is 11.5 Å². The lowest BCUT2D eigenvalue weighted by Crippen LogP contribution is -2.29. The molecule has 0 radical (unpaired) electrons. The number of aliphatic hydroxyl groups is 1. The predicted molar refractivity (Wildman–Crippen MR) is 126 cm³/mol. The van der Waals surface area contributed by atoms with E-state index in [1.165, 1.54) is 23.1 Å². The standard InChI is InChI=1S/C25H18FN3O4S/c1-2-33-17-5-3-4-15(12-17)22(30)20-21(14-8-10-27-11-9-14)29(24(32)23(20)31)25-28-18-7-6-16(26)13-19(18)34-25/h3-13,21,30H,2H2,1H3. The van der Waals surface area contributed by atoms with Crippen LogP contribution >= 0.6 is 11.3 Å². The van der Waals surface area contributed by atoms with Crippen molar-refractivity contribution >= 4 is 44.1 Å². The van der Waals surface area contributed by atoms with E-state index in [2.05, 4.69) is 9.97 Å². The number of ether oxygens (including phenoxy) is 1. The third kappa shape index (κ3) is 3.69. The average Bonchev–Trinajstić information content (AvgIpc) is 3.37. The molecule has 3 heterocycles. The number of rotatable bonds is 5. The van der Waals surface area contributed by atoms with Gasteiger partial charge in [0.15, 0.2) is 5.13 Å². The number of halogens is 1. The molecule has 4 aromatic rings. The fourth-order valence-corrected chi connectivity index (χ4v) is 4.95. The van der Waals surface area contributed by atoms with E-state index in [0.717, 1.165) is 11.3 Å². The van der Waals surface area contributed by atoms with Gasteiger partial charge in [-0.1, -0.05) is 23.5 Å². The number of Topliss-reactive ketones (excluding diaryl/α,β-unsaturated/α-hetero) is 1. The first-order valence-electron chi connectivity index (χ1n) is 10.5. The molecule has 2 aromatic carbocycles. The number of ketones is 1. The van der Waals surface area contributed by atoms with Crippen LogP contribution in [0.3, 0.4) is 0 Å². The van der Waals surface area contributed by atoms with Gasteiger partial charge < -0.3 is 9.84 Å². The van der Waals surface area contributed by atoms with Crippen LogP contribution in [0.4, 0.5) is 9.52 Å². The van der Waals surface area contributed by atoms with Crippen LogP contribution in [-0.2, 0) is 9.59 Å². The highest BCUT2D eigenvalue weighted by molar-refractivity contribution is 7.22. The van der Waals surface area contributed by atoms with E-state index in [-0.39, 0.29) is 16.5 Å². The van der Waals surface area contributed by atoms with Crippen molar-refractivity contribution in [3.63, 3.8) is 0 Å². The molecule has 1 amide bonds. The second-order valence-electron chi connectivity index (χ2n) is 7.52. The van der Waals surface area contributed by atoms with Crippen LogP contribution in [0, 0.1) is 5.82 Å². The number of hydrogen-bond acceptors (Lipinski definition) is 7. The van der Waals surface area contributed by atoms with Gasteiger partial charge in [0.1, 0.15) is 17.3 Å². The molecule has 1 saturated heterocycles. The summed E-state index contributed by atoms with van der Waals surface area (Å²) in [6.45, 7) is 2.27. The number of aliphatic hydroxyl groups excluding tert-OH is 1. The van der Waals surface area contributed by atoms with E-state index in [9.17, 15) is 19.1 Å². The van der Waals surface area contributed by atoms with E-state index in [0.29, 0.717) is 33.7 Å². The first kappa shape index (κ1) is 21.7. The molecule has 1 aliphatic rings.